The van der Waals surface area contributed by atoms with Gasteiger partial charge in [-0.15, -0.1) is 0 Å². The van der Waals surface area contributed by atoms with Crippen molar-refractivity contribution < 1.29 is 4.79 Å². The number of hydrogen-bond acceptors (Lipinski definition) is 1. The van der Waals surface area contributed by atoms with Gasteiger partial charge in [0.05, 0.1) is 0 Å². The molecule has 1 fully saturated rings. The van der Waals surface area contributed by atoms with E-state index in [2.05, 4.69) is 6.92 Å². The van der Waals surface area contributed by atoms with Crippen molar-refractivity contribution in [1.29, 1.82) is 0 Å². The molecule has 0 saturated carbocycles. The molecular formula is C9H17NO. The fourth-order valence-electron chi connectivity index (χ4n) is 1.74. The summed E-state index contributed by atoms with van der Waals surface area (Å²) in [6, 6.07) is 0. The Morgan fingerprint density at radius 2 is 2.36 bits per heavy atom. The molecule has 1 heterocycles. The minimum atomic E-state index is 0.317. The van der Waals surface area contributed by atoms with Gasteiger partial charge in [-0.25, -0.2) is 0 Å². The third-order valence-electron chi connectivity index (χ3n) is 2.42. The molecule has 0 aromatic rings. The summed E-state index contributed by atoms with van der Waals surface area (Å²) in [4.78, 5) is 12.9. The molecule has 64 valence electrons. The summed E-state index contributed by atoms with van der Waals surface area (Å²) >= 11 is 0. The van der Waals surface area contributed by atoms with Gasteiger partial charge >= 0.3 is 0 Å². The van der Waals surface area contributed by atoms with Gasteiger partial charge < -0.3 is 4.90 Å². The third-order valence-corrected chi connectivity index (χ3v) is 2.42. The average Bonchev–Trinajstić information content (AvgIpc) is 1.98. The molecule has 0 radical (unpaired) electrons. The number of nitrogens with zero attached hydrogens (tertiary/aromatic N) is 1. The van der Waals surface area contributed by atoms with Gasteiger partial charge in [-0.05, 0) is 18.8 Å². The van der Waals surface area contributed by atoms with Gasteiger partial charge in [0.15, 0.2) is 0 Å². The predicted molar refractivity (Wildman–Crippen MR) is 45.3 cm³/mol. The van der Waals surface area contributed by atoms with Crippen LogP contribution >= 0.6 is 0 Å². The minimum absolute atomic E-state index is 0.317. The van der Waals surface area contributed by atoms with Gasteiger partial charge in [0.1, 0.15) is 0 Å². The molecule has 1 aliphatic rings. The molecule has 0 aromatic carbocycles. The Labute approximate surface area is 68.6 Å². The number of carbonyl (C=O) groups is 1. The fraction of sp³-hybridized carbons (Fsp3) is 0.889. The van der Waals surface area contributed by atoms with E-state index in [9.17, 15) is 4.79 Å². The van der Waals surface area contributed by atoms with Crippen LogP contribution in [0.4, 0.5) is 0 Å². The van der Waals surface area contributed by atoms with Crippen LogP contribution in [0, 0.1) is 5.92 Å². The molecule has 0 N–H and O–H groups in total. The summed E-state index contributed by atoms with van der Waals surface area (Å²) in [6.45, 7) is 3.18. The standard InChI is InChI=1S/C9H17NO/c1-3-4-8-5-6-9(11)10(2)7-8/h8H,3-7H2,1-2H3. The summed E-state index contributed by atoms with van der Waals surface area (Å²) in [5, 5.41) is 0. The van der Waals surface area contributed by atoms with Crippen molar-refractivity contribution in [2.45, 2.75) is 32.6 Å². The molecular weight excluding hydrogens is 138 g/mol. The summed E-state index contributed by atoms with van der Waals surface area (Å²) in [7, 11) is 1.91. The SMILES string of the molecule is CCCC1CCC(=O)N(C)C1. The zero-order chi connectivity index (χ0) is 8.27. The maximum absolute atomic E-state index is 11.1. The topological polar surface area (TPSA) is 20.3 Å². The lowest BCUT2D eigenvalue weighted by Crippen LogP contribution is -2.36. The van der Waals surface area contributed by atoms with Crippen molar-refractivity contribution in [3.63, 3.8) is 0 Å². The molecule has 2 nitrogen and oxygen atoms in total. The first kappa shape index (κ1) is 8.57. The molecule has 0 spiro atoms. The van der Waals surface area contributed by atoms with Crippen LogP contribution in [0.25, 0.3) is 0 Å². The molecule has 1 rings (SSSR count). The Balaban J connectivity index is 2.33. The largest absolute Gasteiger partial charge is 0.345 e. The zero-order valence-electron chi connectivity index (χ0n) is 7.47. The van der Waals surface area contributed by atoms with E-state index in [4.69, 9.17) is 0 Å². The lowest BCUT2D eigenvalue weighted by molar-refractivity contribution is -0.133. The van der Waals surface area contributed by atoms with Crippen LogP contribution in [-0.4, -0.2) is 24.4 Å². The number of rotatable bonds is 2. The quantitative estimate of drug-likeness (QED) is 0.594. The monoisotopic (exact) mass is 155 g/mol. The normalized spacial score (nSPS) is 25.8. The van der Waals surface area contributed by atoms with Gasteiger partial charge in [-0.1, -0.05) is 13.3 Å². The molecule has 0 aromatic heterocycles. The van der Waals surface area contributed by atoms with Crippen LogP contribution in [0.3, 0.4) is 0 Å². The van der Waals surface area contributed by atoms with E-state index in [0.717, 1.165) is 25.3 Å². The van der Waals surface area contributed by atoms with Crippen molar-refractivity contribution in [3.8, 4) is 0 Å². The first-order chi connectivity index (χ1) is 5.24. The number of hydrogen-bond donors (Lipinski definition) is 0. The van der Waals surface area contributed by atoms with Crippen LogP contribution in [-0.2, 0) is 4.79 Å². The van der Waals surface area contributed by atoms with Crippen LogP contribution in [0.1, 0.15) is 32.6 Å². The molecule has 1 saturated heterocycles. The van der Waals surface area contributed by atoms with Gasteiger partial charge in [-0.3, -0.25) is 4.79 Å². The molecule has 0 bridgehead atoms. The predicted octanol–water partition coefficient (Wildman–Crippen LogP) is 1.65. The second kappa shape index (κ2) is 3.74. The Kier molecular flexibility index (Phi) is 2.92. The highest BCUT2D eigenvalue weighted by Crippen LogP contribution is 2.20. The summed E-state index contributed by atoms with van der Waals surface area (Å²) in [5.41, 5.74) is 0. The zero-order valence-corrected chi connectivity index (χ0v) is 7.47. The molecule has 11 heavy (non-hydrogen) atoms. The molecule has 1 unspecified atom stereocenters. The second-order valence-electron chi connectivity index (χ2n) is 3.47. The molecule has 1 amide bonds. The first-order valence-electron chi connectivity index (χ1n) is 4.48. The van der Waals surface area contributed by atoms with Crippen LogP contribution in [0.15, 0.2) is 0 Å². The van der Waals surface area contributed by atoms with Crippen LogP contribution in [0.2, 0.25) is 0 Å². The highest BCUT2D eigenvalue weighted by molar-refractivity contribution is 5.76. The van der Waals surface area contributed by atoms with Gasteiger partial charge in [0.2, 0.25) is 5.91 Å². The minimum Gasteiger partial charge on any atom is -0.345 e. The van der Waals surface area contributed by atoms with Crippen molar-refractivity contribution in [1.82, 2.24) is 4.90 Å². The Bertz CT molecular complexity index is 144. The fourth-order valence-corrected chi connectivity index (χ4v) is 1.74. The Morgan fingerprint density at radius 3 is 2.91 bits per heavy atom. The van der Waals surface area contributed by atoms with E-state index in [-0.39, 0.29) is 0 Å². The summed E-state index contributed by atoms with van der Waals surface area (Å²) in [5.74, 6) is 1.08. The average molecular weight is 155 g/mol. The third kappa shape index (κ3) is 2.21. The highest BCUT2D eigenvalue weighted by atomic mass is 16.2. The molecule has 2 heteroatoms. The number of amides is 1. The van der Waals surface area contributed by atoms with Crippen molar-refractivity contribution in [2.75, 3.05) is 13.6 Å². The lowest BCUT2D eigenvalue weighted by Gasteiger charge is -2.29. The maximum Gasteiger partial charge on any atom is 0.222 e. The lowest BCUT2D eigenvalue weighted by atomic mass is 9.94. The molecule has 1 aliphatic heterocycles. The van der Waals surface area contributed by atoms with Gasteiger partial charge in [0, 0.05) is 20.0 Å². The Morgan fingerprint density at radius 1 is 1.64 bits per heavy atom. The van der Waals surface area contributed by atoms with Gasteiger partial charge in [-0.2, -0.15) is 0 Å². The summed E-state index contributed by atoms with van der Waals surface area (Å²) < 4.78 is 0. The van der Waals surface area contributed by atoms with Crippen LogP contribution < -0.4 is 0 Å². The van der Waals surface area contributed by atoms with Gasteiger partial charge in [0.25, 0.3) is 0 Å². The van der Waals surface area contributed by atoms with E-state index in [1.165, 1.54) is 12.8 Å². The second-order valence-corrected chi connectivity index (χ2v) is 3.47. The smallest absolute Gasteiger partial charge is 0.222 e. The number of piperidine rings is 1. The van der Waals surface area contributed by atoms with E-state index in [1.807, 2.05) is 11.9 Å². The van der Waals surface area contributed by atoms with E-state index < -0.39 is 0 Å². The van der Waals surface area contributed by atoms with E-state index >= 15 is 0 Å². The summed E-state index contributed by atoms with van der Waals surface area (Å²) in [6.07, 6.45) is 4.39. The number of likely N-dealkylation sites (tertiary alicyclic amines) is 1. The Hall–Kier alpha value is -0.530. The highest BCUT2D eigenvalue weighted by Gasteiger charge is 2.21. The first-order valence-corrected chi connectivity index (χ1v) is 4.48. The van der Waals surface area contributed by atoms with Crippen molar-refractivity contribution in [3.05, 3.63) is 0 Å². The molecule has 0 aliphatic carbocycles. The van der Waals surface area contributed by atoms with Crippen molar-refractivity contribution in [2.24, 2.45) is 5.92 Å². The van der Waals surface area contributed by atoms with Crippen molar-refractivity contribution >= 4 is 5.91 Å². The van der Waals surface area contributed by atoms with Crippen LogP contribution in [0.5, 0.6) is 0 Å². The maximum atomic E-state index is 11.1. The van der Waals surface area contributed by atoms with E-state index in [0.29, 0.717) is 5.91 Å². The molecule has 1 atom stereocenters. The van der Waals surface area contributed by atoms with E-state index in [1.54, 1.807) is 0 Å². The number of carbonyl (C=O) groups excluding carboxylic acids is 1.